The molecule has 3 fully saturated rings. The number of pyridine rings is 1. The number of piperidine rings is 1. The Morgan fingerprint density at radius 3 is 2.54 bits per heavy atom. The maximum atomic E-state index is 15.3. The van der Waals surface area contributed by atoms with Crippen LogP contribution in [0.5, 0.6) is 0 Å². The van der Waals surface area contributed by atoms with Crippen molar-refractivity contribution < 1.29 is 23.1 Å². The number of fused-ring (bicyclic) bond motifs is 1. The second kappa shape index (κ2) is 8.87. The Kier molecular flexibility index (Phi) is 5.75. The summed E-state index contributed by atoms with van der Waals surface area (Å²) in [7, 11) is 0. The van der Waals surface area contributed by atoms with Crippen molar-refractivity contribution in [2.45, 2.75) is 57.7 Å². The maximum absolute atomic E-state index is 15.3. The standard InChI is InChI=1S/C29H29F2N3O3/c1-17-9-19-3-6-22(18(2)28(19)32-13-17)20-10-24(30)23(25(31)11-20)14-33-8-7-29(12-26(33)35)16-34(21-4-5-21)27(36)15-37-29/h3,6,9-11,13,21H,4-5,7-8,12,14-16H2,1-2H3. The summed E-state index contributed by atoms with van der Waals surface area (Å²) in [5.41, 5.74) is 3.02. The van der Waals surface area contributed by atoms with Crippen LogP contribution in [0.25, 0.3) is 22.0 Å². The van der Waals surface area contributed by atoms with E-state index in [9.17, 15) is 9.59 Å². The summed E-state index contributed by atoms with van der Waals surface area (Å²) in [6.07, 6.45) is 4.40. The lowest BCUT2D eigenvalue weighted by atomic mass is 9.88. The molecule has 8 heteroatoms. The van der Waals surface area contributed by atoms with Crippen molar-refractivity contribution in [1.82, 2.24) is 14.8 Å². The van der Waals surface area contributed by atoms with Gasteiger partial charge in [-0.2, -0.15) is 0 Å². The quantitative estimate of drug-likeness (QED) is 0.517. The number of likely N-dealkylation sites (tertiary alicyclic amines) is 1. The van der Waals surface area contributed by atoms with Crippen LogP contribution in [0.2, 0.25) is 0 Å². The Hall–Kier alpha value is -3.39. The average Bonchev–Trinajstić information content (AvgIpc) is 3.70. The molecule has 2 aromatic carbocycles. The molecule has 3 heterocycles. The van der Waals surface area contributed by atoms with Crippen LogP contribution in [0, 0.1) is 25.5 Å². The van der Waals surface area contributed by atoms with E-state index in [2.05, 4.69) is 4.98 Å². The number of aromatic nitrogens is 1. The molecule has 3 aromatic rings. The maximum Gasteiger partial charge on any atom is 0.248 e. The van der Waals surface area contributed by atoms with Crippen LogP contribution in [0.1, 0.15) is 42.4 Å². The van der Waals surface area contributed by atoms with Gasteiger partial charge < -0.3 is 14.5 Å². The predicted octanol–water partition coefficient (Wildman–Crippen LogP) is 4.68. The van der Waals surface area contributed by atoms with Gasteiger partial charge in [0.2, 0.25) is 11.8 Å². The third kappa shape index (κ3) is 4.37. The van der Waals surface area contributed by atoms with Crippen LogP contribution in [-0.4, -0.2) is 57.9 Å². The third-order valence-electron chi connectivity index (χ3n) is 7.98. The van der Waals surface area contributed by atoms with Gasteiger partial charge in [-0.3, -0.25) is 14.6 Å². The second-order valence-electron chi connectivity index (χ2n) is 10.7. The summed E-state index contributed by atoms with van der Waals surface area (Å²) in [4.78, 5) is 33.1. The van der Waals surface area contributed by atoms with Crippen molar-refractivity contribution in [3.05, 3.63) is 64.9 Å². The summed E-state index contributed by atoms with van der Waals surface area (Å²) in [6.45, 7) is 4.44. The number of carbonyl (C=O) groups is 2. The van der Waals surface area contributed by atoms with Gasteiger partial charge in [-0.15, -0.1) is 0 Å². The third-order valence-corrected chi connectivity index (χ3v) is 7.98. The average molecular weight is 506 g/mol. The second-order valence-corrected chi connectivity index (χ2v) is 10.7. The molecule has 2 amide bonds. The molecule has 192 valence electrons. The van der Waals surface area contributed by atoms with Crippen LogP contribution < -0.4 is 0 Å². The Balaban J connectivity index is 1.21. The number of morpholine rings is 1. The highest BCUT2D eigenvalue weighted by molar-refractivity contribution is 5.89. The Labute approximate surface area is 214 Å². The Morgan fingerprint density at radius 1 is 1.08 bits per heavy atom. The number of carbonyl (C=O) groups excluding carboxylic acids is 2. The van der Waals surface area contributed by atoms with Gasteiger partial charge in [0.15, 0.2) is 0 Å². The summed E-state index contributed by atoms with van der Waals surface area (Å²) < 4.78 is 36.4. The zero-order valence-electron chi connectivity index (χ0n) is 21.0. The minimum atomic E-state index is -0.703. The van der Waals surface area contributed by atoms with E-state index in [-0.39, 0.29) is 43.0 Å². The van der Waals surface area contributed by atoms with E-state index < -0.39 is 17.2 Å². The first kappa shape index (κ1) is 24.0. The number of hydrogen-bond donors (Lipinski definition) is 0. The minimum Gasteiger partial charge on any atom is -0.363 e. The van der Waals surface area contributed by atoms with Gasteiger partial charge in [-0.1, -0.05) is 12.1 Å². The monoisotopic (exact) mass is 505 g/mol. The van der Waals surface area contributed by atoms with Crippen LogP contribution in [0.15, 0.2) is 36.5 Å². The fourth-order valence-electron chi connectivity index (χ4n) is 5.70. The molecule has 1 unspecified atom stereocenters. The van der Waals surface area contributed by atoms with Crippen molar-refractivity contribution >= 4 is 22.7 Å². The SMILES string of the molecule is Cc1cnc2c(C)c(-c3cc(F)c(CN4CCC5(CC4=O)CN(C4CC4)C(=O)CO5)c(F)c3)ccc2c1. The number of rotatable bonds is 4. The molecular formula is C29H29F2N3O3. The van der Waals surface area contributed by atoms with Crippen LogP contribution in [0.4, 0.5) is 8.78 Å². The summed E-state index contributed by atoms with van der Waals surface area (Å²) in [5, 5.41) is 0.978. The highest BCUT2D eigenvalue weighted by atomic mass is 19.1. The van der Waals surface area contributed by atoms with Crippen molar-refractivity contribution in [2.75, 3.05) is 19.7 Å². The zero-order chi connectivity index (χ0) is 25.9. The number of aryl methyl sites for hydroxylation is 2. The summed E-state index contributed by atoms with van der Waals surface area (Å²) in [5.74, 6) is -1.61. The Bertz CT molecular complexity index is 1410. The molecule has 1 atom stereocenters. The summed E-state index contributed by atoms with van der Waals surface area (Å²) >= 11 is 0. The first-order chi connectivity index (χ1) is 17.7. The van der Waals surface area contributed by atoms with Crippen molar-refractivity contribution in [3.8, 4) is 11.1 Å². The molecule has 1 aliphatic carbocycles. The molecule has 6 nitrogen and oxygen atoms in total. The smallest absolute Gasteiger partial charge is 0.248 e. The largest absolute Gasteiger partial charge is 0.363 e. The number of halogens is 2. The number of hydrogen-bond acceptors (Lipinski definition) is 4. The van der Waals surface area contributed by atoms with Gasteiger partial charge in [-0.05, 0) is 73.6 Å². The molecule has 2 saturated heterocycles. The molecular weight excluding hydrogens is 476 g/mol. The van der Waals surface area contributed by atoms with E-state index in [1.807, 2.05) is 36.9 Å². The molecule has 37 heavy (non-hydrogen) atoms. The number of amides is 2. The van der Waals surface area contributed by atoms with Crippen LogP contribution in [0.3, 0.4) is 0 Å². The number of nitrogens with zero attached hydrogens (tertiary/aromatic N) is 3. The first-order valence-electron chi connectivity index (χ1n) is 12.8. The van der Waals surface area contributed by atoms with E-state index in [0.717, 1.165) is 34.9 Å². The van der Waals surface area contributed by atoms with Gasteiger partial charge in [0, 0.05) is 29.7 Å². The zero-order valence-corrected chi connectivity index (χ0v) is 21.0. The first-order valence-corrected chi connectivity index (χ1v) is 12.8. The fraction of sp³-hybridized carbons (Fsp3) is 0.414. The van der Waals surface area contributed by atoms with E-state index in [4.69, 9.17) is 4.74 Å². The predicted molar refractivity (Wildman–Crippen MR) is 135 cm³/mol. The molecule has 0 bridgehead atoms. The topological polar surface area (TPSA) is 62.7 Å². The molecule has 0 N–H and O–H groups in total. The lowest BCUT2D eigenvalue weighted by molar-refractivity contribution is -0.178. The van der Waals surface area contributed by atoms with Gasteiger partial charge in [0.25, 0.3) is 0 Å². The van der Waals surface area contributed by atoms with E-state index >= 15 is 8.78 Å². The van der Waals surface area contributed by atoms with Crippen molar-refractivity contribution in [1.29, 1.82) is 0 Å². The minimum absolute atomic E-state index is 0.0161. The van der Waals surface area contributed by atoms with Crippen molar-refractivity contribution in [3.63, 3.8) is 0 Å². The van der Waals surface area contributed by atoms with Crippen molar-refractivity contribution in [2.24, 2.45) is 0 Å². The summed E-state index contributed by atoms with van der Waals surface area (Å²) in [6, 6.07) is 8.73. The Morgan fingerprint density at radius 2 is 1.84 bits per heavy atom. The van der Waals surface area contributed by atoms with Gasteiger partial charge in [0.1, 0.15) is 18.2 Å². The number of benzene rings is 2. The molecule has 0 radical (unpaired) electrons. The van der Waals surface area contributed by atoms with Gasteiger partial charge in [0.05, 0.1) is 30.6 Å². The molecule has 1 saturated carbocycles. The van der Waals surface area contributed by atoms with Gasteiger partial charge in [-0.25, -0.2) is 8.78 Å². The molecule has 3 aliphatic rings. The highest BCUT2D eigenvalue weighted by Crippen LogP contribution is 2.37. The number of ether oxygens (including phenoxy) is 1. The van der Waals surface area contributed by atoms with Crippen LogP contribution >= 0.6 is 0 Å². The molecule has 2 aliphatic heterocycles. The van der Waals surface area contributed by atoms with Gasteiger partial charge >= 0.3 is 0 Å². The lowest BCUT2D eigenvalue weighted by Crippen LogP contribution is -2.60. The van der Waals surface area contributed by atoms with E-state index in [0.29, 0.717) is 30.6 Å². The molecule has 1 aromatic heterocycles. The lowest BCUT2D eigenvalue weighted by Gasteiger charge is -2.46. The van der Waals surface area contributed by atoms with E-state index in [1.165, 1.54) is 17.0 Å². The molecule has 6 rings (SSSR count). The normalized spacial score (nSPS) is 22.4. The molecule has 1 spiro atoms. The highest BCUT2D eigenvalue weighted by Gasteiger charge is 2.48. The fourth-order valence-corrected chi connectivity index (χ4v) is 5.70. The van der Waals surface area contributed by atoms with E-state index in [1.54, 1.807) is 6.20 Å². The van der Waals surface area contributed by atoms with Crippen LogP contribution in [-0.2, 0) is 20.9 Å².